The Hall–Kier alpha value is 3.13. The molecule has 0 aliphatic rings. The number of halogens is 1. The molecule has 0 aromatic heterocycles. The van der Waals surface area contributed by atoms with Crippen LogP contribution in [-0.4, -0.2) is 107 Å². The van der Waals surface area contributed by atoms with Crippen molar-refractivity contribution in [1.82, 2.24) is 0 Å². The van der Waals surface area contributed by atoms with Gasteiger partial charge in [0.1, 0.15) is 0 Å². The zero-order valence-corrected chi connectivity index (χ0v) is 13.8. The summed E-state index contributed by atoms with van der Waals surface area (Å²) in [6.07, 6.45) is 0. The Morgan fingerprint density at radius 3 is 0.750 bits per heavy atom. The van der Waals surface area contributed by atoms with E-state index in [0.717, 1.165) is 0 Å². The van der Waals surface area contributed by atoms with E-state index >= 15 is 0 Å². The fourth-order valence-electron chi connectivity index (χ4n) is 0. The molecule has 0 N–H and O–H groups in total. The fourth-order valence-corrected chi connectivity index (χ4v) is 0. The molecule has 0 saturated heterocycles. The van der Waals surface area contributed by atoms with Crippen LogP contribution in [0.15, 0.2) is 0 Å². The third kappa shape index (κ3) is 61.6. The summed E-state index contributed by atoms with van der Waals surface area (Å²) in [5, 5.41) is 0. The van der Waals surface area contributed by atoms with Crippen LogP contribution in [-0.2, 0) is 0 Å². The summed E-state index contributed by atoms with van der Waals surface area (Å²) >= 11 is 0. The van der Waals surface area contributed by atoms with Gasteiger partial charge in [0.25, 0.3) is 0 Å². The molecular weight excluding hydrogens is 386 g/mol. The van der Waals surface area contributed by atoms with Crippen molar-refractivity contribution >= 4 is 107 Å². The molecule has 0 heterocycles. The normalized spacial score (nSPS) is 7.50. The minimum atomic E-state index is -5.61. The zero-order chi connectivity index (χ0) is 4.50. The largest absolute Gasteiger partial charge is 2.00 e. The smallest absolute Gasteiger partial charge is 0.894 e. The average Bonchev–Trinajstić information content (AvgIpc) is 0.722. The predicted molar refractivity (Wildman–Crippen MR) is 19.8 cm³/mol. The second kappa shape index (κ2) is 10.1. The van der Waals surface area contributed by atoms with Crippen molar-refractivity contribution in [2.24, 2.45) is 0 Å². The minimum absolute atomic E-state index is 0. The van der Waals surface area contributed by atoms with E-state index in [9.17, 15) is 0 Å². The Kier molecular flexibility index (Phi) is 28.4. The standard InChI is InChI=1S/2Ba.FH.O4Si/c;;;1-5(2,3)4/h;;1H;/q2*+2;;-4. The topological polar surface area (TPSA) is 92.2 Å². The molecule has 0 aliphatic heterocycles. The molecule has 0 atom stereocenters. The van der Waals surface area contributed by atoms with E-state index < -0.39 is 9.05 Å². The quantitative estimate of drug-likeness (QED) is 0.388. The summed E-state index contributed by atoms with van der Waals surface area (Å²) in [6, 6.07) is 0. The van der Waals surface area contributed by atoms with E-state index in [1.54, 1.807) is 0 Å². The number of hydrogen-bond acceptors (Lipinski definition) is 4. The molecular formula is HBa2FO4Si. The van der Waals surface area contributed by atoms with Gasteiger partial charge in [-0.15, -0.1) is 0 Å². The van der Waals surface area contributed by atoms with E-state index in [-0.39, 0.29) is 102 Å². The van der Waals surface area contributed by atoms with Gasteiger partial charge in [-0.3, -0.25) is 4.70 Å². The van der Waals surface area contributed by atoms with Crippen molar-refractivity contribution in [3.63, 3.8) is 0 Å². The van der Waals surface area contributed by atoms with Gasteiger partial charge in [0, 0.05) is 0 Å². The molecule has 0 bridgehead atoms. The maximum Gasteiger partial charge on any atom is 2.00 e. The Balaban J connectivity index is -0.0000000267. The van der Waals surface area contributed by atoms with Crippen molar-refractivity contribution in [2.75, 3.05) is 0 Å². The number of rotatable bonds is 0. The van der Waals surface area contributed by atoms with Gasteiger partial charge in [-0.2, -0.15) is 0 Å². The van der Waals surface area contributed by atoms with E-state index in [2.05, 4.69) is 0 Å². The summed E-state index contributed by atoms with van der Waals surface area (Å²) < 4.78 is 0. The summed E-state index contributed by atoms with van der Waals surface area (Å²) in [6.45, 7) is 0. The third-order valence-electron chi connectivity index (χ3n) is 0. The maximum absolute atomic E-state index is 8.58. The van der Waals surface area contributed by atoms with E-state index in [4.69, 9.17) is 19.2 Å². The van der Waals surface area contributed by atoms with Gasteiger partial charge in [0.15, 0.2) is 0 Å². The van der Waals surface area contributed by atoms with Crippen LogP contribution in [0.1, 0.15) is 0 Å². The van der Waals surface area contributed by atoms with Crippen LogP contribution in [0.5, 0.6) is 0 Å². The van der Waals surface area contributed by atoms with Crippen molar-refractivity contribution in [3.8, 4) is 0 Å². The van der Waals surface area contributed by atoms with Gasteiger partial charge >= 0.3 is 97.8 Å². The van der Waals surface area contributed by atoms with Crippen LogP contribution in [0.25, 0.3) is 0 Å². The molecule has 0 radical (unpaired) electrons. The van der Waals surface area contributed by atoms with Crippen LogP contribution in [0, 0.1) is 0 Å². The third-order valence-corrected chi connectivity index (χ3v) is 0. The van der Waals surface area contributed by atoms with Gasteiger partial charge in [0.2, 0.25) is 0 Å². The van der Waals surface area contributed by atoms with Gasteiger partial charge in [0.05, 0.1) is 0 Å². The van der Waals surface area contributed by atoms with Gasteiger partial charge in [-0.1, -0.05) is 0 Å². The predicted octanol–water partition coefficient (Wildman–Crippen LogP) is -5.75. The van der Waals surface area contributed by atoms with E-state index in [1.165, 1.54) is 0 Å². The molecule has 0 amide bonds. The van der Waals surface area contributed by atoms with Crippen LogP contribution < -0.4 is 19.2 Å². The summed E-state index contributed by atoms with van der Waals surface area (Å²) in [4.78, 5) is 34.3. The Labute approximate surface area is 127 Å². The first-order valence-corrected chi connectivity index (χ1v) is 2.45. The van der Waals surface area contributed by atoms with Crippen molar-refractivity contribution < 1.29 is 23.9 Å². The maximum atomic E-state index is 8.58. The molecule has 0 saturated carbocycles. The van der Waals surface area contributed by atoms with Gasteiger partial charge < -0.3 is 28.2 Å². The van der Waals surface area contributed by atoms with Crippen molar-refractivity contribution in [2.45, 2.75) is 0 Å². The second-order valence-corrected chi connectivity index (χ2v) is 1.50. The van der Waals surface area contributed by atoms with Crippen molar-refractivity contribution in [3.05, 3.63) is 0 Å². The molecule has 0 fully saturated rings. The monoisotopic (exact) mass is 388 g/mol. The Morgan fingerprint density at radius 1 is 0.750 bits per heavy atom. The van der Waals surface area contributed by atoms with E-state index in [1.807, 2.05) is 0 Å². The molecule has 8 heteroatoms. The molecule has 0 rings (SSSR count). The van der Waals surface area contributed by atoms with Crippen LogP contribution in [0.4, 0.5) is 4.70 Å². The molecule has 0 aromatic rings. The average molecular weight is 387 g/mol. The second-order valence-electron chi connectivity index (χ2n) is 0.500. The van der Waals surface area contributed by atoms with Crippen molar-refractivity contribution in [1.29, 1.82) is 0 Å². The van der Waals surface area contributed by atoms with Gasteiger partial charge in [-0.25, -0.2) is 0 Å². The van der Waals surface area contributed by atoms with Crippen LogP contribution >= 0.6 is 0 Å². The first kappa shape index (κ1) is 22.5. The summed E-state index contributed by atoms with van der Waals surface area (Å²) in [7, 11) is -5.61. The molecule has 4 nitrogen and oxygen atoms in total. The first-order valence-electron chi connectivity index (χ1n) is 0.816. The molecule has 0 spiro atoms. The Bertz CT molecular complexity index is 29.5. The van der Waals surface area contributed by atoms with Gasteiger partial charge in [-0.05, 0) is 0 Å². The zero-order valence-electron chi connectivity index (χ0n) is 3.96. The minimum Gasteiger partial charge on any atom is -0.894 e. The molecule has 8 heavy (non-hydrogen) atoms. The summed E-state index contributed by atoms with van der Waals surface area (Å²) in [5.41, 5.74) is 0. The van der Waals surface area contributed by atoms with Crippen LogP contribution in [0.2, 0.25) is 0 Å². The first-order chi connectivity index (χ1) is 2.00. The SMILES string of the molecule is F.[Ba+2].[Ba+2].[O-][Si]([O-])([O-])[O-]. The summed E-state index contributed by atoms with van der Waals surface area (Å²) in [5.74, 6) is 0. The molecule has 0 aromatic carbocycles. The molecule has 0 unspecified atom stereocenters. The van der Waals surface area contributed by atoms with E-state index in [0.29, 0.717) is 0 Å². The fraction of sp³-hybridized carbons (Fsp3) is 0. The Morgan fingerprint density at radius 2 is 0.750 bits per heavy atom. The molecule has 0 aliphatic carbocycles. The van der Waals surface area contributed by atoms with Crippen LogP contribution in [0.3, 0.4) is 0 Å². The number of hydrogen-bond donors (Lipinski definition) is 0. The molecule has 40 valence electrons.